The smallest absolute Gasteiger partial charge is 0.154 e. The number of halogens is 1. The van der Waals surface area contributed by atoms with Crippen LogP contribution in [0.25, 0.3) is 0 Å². The van der Waals surface area contributed by atoms with E-state index in [4.69, 9.17) is 5.26 Å². The van der Waals surface area contributed by atoms with Crippen molar-refractivity contribution < 1.29 is 8.42 Å². The lowest BCUT2D eigenvalue weighted by Crippen LogP contribution is -2.09. The van der Waals surface area contributed by atoms with Crippen LogP contribution in [0.5, 0.6) is 0 Å². The van der Waals surface area contributed by atoms with Crippen LogP contribution >= 0.6 is 15.9 Å². The van der Waals surface area contributed by atoms with Gasteiger partial charge >= 0.3 is 0 Å². The van der Waals surface area contributed by atoms with Crippen LogP contribution in [0.1, 0.15) is 24.0 Å². The molecule has 1 aromatic carbocycles. The quantitative estimate of drug-likeness (QED) is 0.785. The Morgan fingerprint density at radius 2 is 2.12 bits per heavy atom. The summed E-state index contributed by atoms with van der Waals surface area (Å²) in [7, 11) is -3.11. The van der Waals surface area contributed by atoms with E-state index >= 15 is 0 Å². The Kier molecular flexibility index (Phi) is 5.16. The maximum Gasteiger partial charge on any atom is 0.154 e. The largest absolute Gasteiger partial charge is 0.228 e. The van der Waals surface area contributed by atoms with Gasteiger partial charge in [0.15, 0.2) is 9.84 Å². The molecule has 0 radical (unpaired) electrons. The number of nitriles is 1. The lowest BCUT2D eigenvalue weighted by Gasteiger charge is -2.05. The predicted octanol–water partition coefficient (Wildman–Crippen LogP) is 2.98. The second-order valence-electron chi connectivity index (χ2n) is 3.94. The van der Waals surface area contributed by atoms with Gasteiger partial charge in [0, 0.05) is 10.9 Å². The van der Waals surface area contributed by atoms with Gasteiger partial charge in [-0.3, -0.25) is 0 Å². The summed E-state index contributed by atoms with van der Waals surface area (Å²) < 4.78 is 24.4. The van der Waals surface area contributed by atoms with E-state index in [1.54, 1.807) is 0 Å². The molecule has 0 unspecified atom stereocenters. The zero-order chi connectivity index (χ0) is 12.9. The highest BCUT2D eigenvalue weighted by Gasteiger charge is 2.12. The highest BCUT2D eigenvalue weighted by molar-refractivity contribution is 9.10. The van der Waals surface area contributed by atoms with Gasteiger partial charge < -0.3 is 0 Å². The average Bonchev–Trinajstić information content (AvgIpc) is 2.23. The highest BCUT2D eigenvalue weighted by atomic mass is 79.9. The van der Waals surface area contributed by atoms with Crippen molar-refractivity contribution in [2.75, 3.05) is 5.75 Å². The summed E-state index contributed by atoms with van der Waals surface area (Å²) in [4.78, 5) is 0. The lowest BCUT2D eigenvalue weighted by atomic mass is 10.2. The fourth-order valence-corrected chi connectivity index (χ4v) is 3.27. The first-order valence-corrected chi connectivity index (χ1v) is 7.88. The van der Waals surface area contributed by atoms with Crippen LogP contribution in [-0.2, 0) is 15.6 Å². The van der Waals surface area contributed by atoms with E-state index in [9.17, 15) is 8.42 Å². The number of unbranched alkanes of at least 4 members (excludes halogenated alkanes) is 1. The van der Waals surface area contributed by atoms with Gasteiger partial charge in [-0.1, -0.05) is 28.1 Å². The van der Waals surface area contributed by atoms with E-state index in [0.717, 1.165) is 15.6 Å². The van der Waals surface area contributed by atoms with Crippen molar-refractivity contribution in [3.05, 3.63) is 33.8 Å². The van der Waals surface area contributed by atoms with E-state index in [1.165, 1.54) is 0 Å². The lowest BCUT2D eigenvalue weighted by molar-refractivity contribution is 0.593. The molecule has 0 bridgehead atoms. The third kappa shape index (κ3) is 4.88. The number of benzene rings is 1. The Hall–Kier alpha value is -0.860. The van der Waals surface area contributed by atoms with Gasteiger partial charge in [-0.15, -0.1) is 0 Å². The van der Waals surface area contributed by atoms with Crippen molar-refractivity contribution in [1.82, 2.24) is 0 Å². The molecule has 1 rings (SSSR count). The number of nitrogens with zero attached hydrogens (tertiary/aromatic N) is 1. The van der Waals surface area contributed by atoms with Crippen LogP contribution in [0.3, 0.4) is 0 Å². The normalized spacial score (nSPS) is 11.1. The summed E-state index contributed by atoms with van der Waals surface area (Å²) in [6, 6.07) is 7.49. The average molecular weight is 316 g/mol. The Balaban J connectivity index is 2.70. The first kappa shape index (κ1) is 14.2. The van der Waals surface area contributed by atoms with Gasteiger partial charge in [0.25, 0.3) is 0 Å². The van der Waals surface area contributed by atoms with Gasteiger partial charge in [-0.25, -0.2) is 8.42 Å². The Bertz CT molecular complexity index is 532. The maximum atomic E-state index is 11.7. The van der Waals surface area contributed by atoms with Crippen LogP contribution in [0, 0.1) is 18.3 Å². The second-order valence-corrected chi connectivity index (χ2v) is 6.98. The second kappa shape index (κ2) is 6.18. The first-order valence-electron chi connectivity index (χ1n) is 5.27. The van der Waals surface area contributed by atoms with E-state index < -0.39 is 9.84 Å². The zero-order valence-electron chi connectivity index (χ0n) is 9.61. The Morgan fingerprint density at radius 1 is 1.41 bits per heavy atom. The summed E-state index contributed by atoms with van der Waals surface area (Å²) in [5.74, 6) is 0.114. The zero-order valence-corrected chi connectivity index (χ0v) is 12.0. The Labute approximate surface area is 111 Å². The molecule has 0 spiro atoms. The molecule has 0 aliphatic heterocycles. The van der Waals surface area contributed by atoms with Crippen LogP contribution in [0.15, 0.2) is 22.7 Å². The molecule has 0 saturated heterocycles. The monoisotopic (exact) mass is 315 g/mol. The van der Waals surface area contributed by atoms with E-state index in [1.807, 2.05) is 31.2 Å². The number of aryl methyl sites for hydroxylation is 1. The van der Waals surface area contributed by atoms with Crippen LogP contribution in [0.4, 0.5) is 0 Å². The molecule has 0 aliphatic carbocycles. The van der Waals surface area contributed by atoms with Crippen molar-refractivity contribution in [3.8, 4) is 6.07 Å². The third-order valence-electron chi connectivity index (χ3n) is 2.37. The molecule has 1 aromatic rings. The fraction of sp³-hybridized carbons (Fsp3) is 0.417. The molecule has 0 aliphatic rings. The van der Waals surface area contributed by atoms with Gasteiger partial charge in [-0.2, -0.15) is 5.26 Å². The van der Waals surface area contributed by atoms with Crippen molar-refractivity contribution in [2.24, 2.45) is 0 Å². The number of hydrogen-bond acceptors (Lipinski definition) is 3. The topological polar surface area (TPSA) is 57.9 Å². The molecule has 0 amide bonds. The maximum absolute atomic E-state index is 11.7. The summed E-state index contributed by atoms with van der Waals surface area (Å²) in [5.41, 5.74) is 1.86. The third-order valence-corrected chi connectivity index (χ3v) is 4.90. The summed E-state index contributed by atoms with van der Waals surface area (Å²) >= 11 is 3.38. The number of hydrogen-bond donors (Lipinski definition) is 0. The Morgan fingerprint density at radius 3 is 2.71 bits per heavy atom. The minimum atomic E-state index is -3.11. The van der Waals surface area contributed by atoms with Crippen molar-refractivity contribution in [1.29, 1.82) is 5.26 Å². The number of rotatable bonds is 5. The molecular weight excluding hydrogens is 302 g/mol. The van der Waals surface area contributed by atoms with Crippen LogP contribution < -0.4 is 0 Å². The van der Waals surface area contributed by atoms with E-state index in [-0.39, 0.29) is 17.9 Å². The predicted molar refractivity (Wildman–Crippen MR) is 71.2 cm³/mol. The van der Waals surface area contributed by atoms with Crippen LogP contribution in [-0.4, -0.2) is 14.2 Å². The van der Waals surface area contributed by atoms with Gasteiger partial charge in [0.2, 0.25) is 0 Å². The van der Waals surface area contributed by atoms with E-state index in [0.29, 0.717) is 6.42 Å². The molecule has 17 heavy (non-hydrogen) atoms. The standard InChI is InChI=1S/C12H14BrNO2S/c1-10-4-5-11(8-12(10)13)9-17(15,16)7-3-2-6-14/h4-5,8H,2-3,7,9H2,1H3. The van der Waals surface area contributed by atoms with Gasteiger partial charge in [0.1, 0.15) is 0 Å². The number of sulfone groups is 1. The molecule has 3 nitrogen and oxygen atoms in total. The SMILES string of the molecule is Cc1ccc(CS(=O)(=O)CCCC#N)cc1Br. The summed E-state index contributed by atoms with van der Waals surface area (Å²) in [5, 5.41) is 8.37. The van der Waals surface area contributed by atoms with Crippen LogP contribution in [0.2, 0.25) is 0 Å². The molecule has 0 fully saturated rings. The highest BCUT2D eigenvalue weighted by Crippen LogP contribution is 2.19. The molecule has 0 aromatic heterocycles. The molecule has 92 valence electrons. The van der Waals surface area contributed by atoms with E-state index in [2.05, 4.69) is 15.9 Å². The summed E-state index contributed by atoms with van der Waals surface area (Å²) in [6.45, 7) is 1.95. The molecular formula is C12H14BrNO2S. The molecule has 0 atom stereocenters. The van der Waals surface area contributed by atoms with Crippen molar-refractivity contribution >= 4 is 25.8 Å². The van der Waals surface area contributed by atoms with Crippen molar-refractivity contribution in [3.63, 3.8) is 0 Å². The van der Waals surface area contributed by atoms with Gasteiger partial charge in [-0.05, 0) is 30.5 Å². The molecule has 0 saturated carbocycles. The summed E-state index contributed by atoms with van der Waals surface area (Å²) in [6.07, 6.45) is 0.697. The minimum Gasteiger partial charge on any atom is -0.228 e. The van der Waals surface area contributed by atoms with Gasteiger partial charge in [0.05, 0.1) is 17.6 Å². The van der Waals surface area contributed by atoms with Crippen molar-refractivity contribution in [2.45, 2.75) is 25.5 Å². The fourth-order valence-electron chi connectivity index (χ4n) is 1.42. The molecule has 0 heterocycles. The molecule has 0 N–H and O–H groups in total. The minimum absolute atomic E-state index is 0.0390. The first-order chi connectivity index (χ1) is 7.94. The molecule has 5 heteroatoms.